The van der Waals surface area contributed by atoms with Crippen LogP contribution in [0.4, 0.5) is 0 Å². The van der Waals surface area contributed by atoms with Crippen molar-refractivity contribution in [2.24, 2.45) is 11.8 Å². The van der Waals surface area contributed by atoms with Crippen LogP contribution in [0.15, 0.2) is 0 Å². The minimum absolute atomic E-state index is 0.785. The Kier molecular flexibility index (Phi) is 2.89. The quantitative estimate of drug-likeness (QED) is 0.708. The molecule has 1 saturated heterocycles. The standard InChI is InChI=1S/C11H22N2/c1-9-7-10(9)8-13-5-3-11(12-2)4-6-13/h9-12H,3-8H2,1-2H3. The van der Waals surface area contributed by atoms with Gasteiger partial charge in [-0.3, -0.25) is 0 Å². The van der Waals surface area contributed by atoms with Crippen LogP contribution in [0.25, 0.3) is 0 Å². The van der Waals surface area contributed by atoms with E-state index in [0.717, 1.165) is 17.9 Å². The van der Waals surface area contributed by atoms with Gasteiger partial charge < -0.3 is 10.2 Å². The van der Waals surface area contributed by atoms with Crippen LogP contribution in [0.5, 0.6) is 0 Å². The van der Waals surface area contributed by atoms with Crippen molar-refractivity contribution in [3.8, 4) is 0 Å². The largest absolute Gasteiger partial charge is 0.317 e. The van der Waals surface area contributed by atoms with Gasteiger partial charge in [0.15, 0.2) is 0 Å². The van der Waals surface area contributed by atoms with Gasteiger partial charge >= 0.3 is 0 Å². The number of nitrogens with one attached hydrogen (secondary N) is 1. The fraction of sp³-hybridized carbons (Fsp3) is 1.00. The molecule has 0 bridgehead atoms. The SMILES string of the molecule is CNC1CCN(CC2CC2C)CC1. The van der Waals surface area contributed by atoms with Crippen LogP contribution >= 0.6 is 0 Å². The molecule has 13 heavy (non-hydrogen) atoms. The Bertz CT molecular complexity index is 161. The molecule has 0 aromatic carbocycles. The van der Waals surface area contributed by atoms with Gasteiger partial charge in [-0.1, -0.05) is 6.92 Å². The lowest BCUT2D eigenvalue weighted by atomic mass is 10.1. The van der Waals surface area contributed by atoms with Gasteiger partial charge in [-0.05, 0) is 51.2 Å². The second-order valence-corrected chi connectivity index (χ2v) is 4.84. The first-order chi connectivity index (χ1) is 6.29. The van der Waals surface area contributed by atoms with E-state index >= 15 is 0 Å². The summed E-state index contributed by atoms with van der Waals surface area (Å²) in [5.41, 5.74) is 0. The molecule has 1 N–H and O–H groups in total. The molecule has 0 radical (unpaired) electrons. The van der Waals surface area contributed by atoms with Gasteiger partial charge in [-0.15, -0.1) is 0 Å². The first-order valence-corrected chi connectivity index (χ1v) is 5.69. The van der Waals surface area contributed by atoms with Gasteiger partial charge in [-0.25, -0.2) is 0 Å². The molecule has 2 heteroatoms. The molecule has 0 amide bonds. The van der Waals surface area contributed by atoms with Crippen molar-refractivity contribution in [1.29, 1.82) is 0 Å². The van der Waals surface area contributed by atoms with Crippen molar-refractivity contribution in [3.63, 3.8) is 0 Å². The Morgan fingerprint density at radius 3 is 2.38 bits per heavy atom. The lowest BCUT2D eigenvalue weighted by Gasteiger charge is -2.31. The Labute approximate surface area is 81.7 Å². The van der Waals surface area contributed by atoms with E-state index in [4.69, 9.17) is 0 Å². The minimum atomic E-state index is 0.785. The monoisotopic (exact) mass is 182 g/mol. The van der Waals surface area contributed by atoms with E-state index in [1.165, 1.54) is 38.9 Å². The van der Waals surface area contributed by atoms with Gasteiger partial charge in [0, 0.05) is 12.6 Å². The van der Waals surface area contributed by atoms with Crippen LogP contribution in [-0.2, 0) is 0 Å². The van der Waals surface area contributed by atoms with Crippen LogP contribution in [0.1, 0.15) is 26.2 Å². The lowest BCUT2D eigenvalue weighted by Crippen LogP contribution is -2.41. The van der Waals surface area contributed by atoms with Crippen LogP contribution in [0.3, 0.4) is 0 Å². The summed E-state index contributed by atoms with van der Waals surface area (Å²) in [4.78, 5) is 2.65. The van der Waals surface area contributed by atoms with Crippen molar-refractivity contribution in [2.75, 3.05) is 26.7 Å². The van der Waals surface area contributed by atoms with Crippen LogP contribution in [0.2, 0.25) is 0 Å². The third-order valence-electron chi connectivity index (χ3n) is 3.76. The minimum Gasteiger partial charge on any atom is -0.317 e. The van der Waals surface area contributed by atoms with E-state index < -0.39 is 0 Å². The fourth-order valence-electron chi connectivity index (χ4n) is 2.39. The van der Waals surface area contributed by atoms with E-state index in [-0.39, 0.29) is 0 Å². The number of hydrogen-bond donors (Lipinski definition) is 1. The summed E-state index contributed by atoms with van der Waals surface area (Å²) in [6.07, 6.45) is 4.17. The van der Waals surface area contributed by atoms with Gasteiger partial charge in [-0.2, -0.15) is 0 Å². The number of rotatable bonds is 3. The molecule has 2 unspecified atom stereocenters. The van der Waals surface area contributed by atoms with Crippen molar-refractivity contribution in [1.82, 2.24) is 10.2 Å². The number of piperidine rings is 1. The zero-order valence-electron chi connectivity index (χ0n) is 8.92. The van der Waals surface area contributed by atoms with Gasteiger partial charge in [0.25, 0.3) is 0 Å². The topological polar surface area (TPSA) is 15.3 Å². The molecule has 2 aliphatic rings. The number of likely N-dealkylation sites (tertiary alicyclic amines) is 1. The molecule has 1 aliphatic heterocycles. The summed E-state index contributed by atoms with van der Waals surface area (Å²) in [6, 6.07) is 0.785. The summed E-state index contributed by atoms with van der Waals surface area (Å²) in [7, 11) is 2.09. The lowest BCUT2D eigenvalue weighted by molar-refractivity contribution is 0.192. The van der Waals surface area contributed by atoms with E-state index in [1.807, 2.05) is 0 Å². The van der Waals surface area contributed by atoms with Gasteiger partial charge in [0.2, 0.25) is 0 Å². The van der Waals surface area contributed by atoms with E-state index in [2.05, 4.69) is 24.2 Å². The summed E-state index contributed by atoms with van der Waals surface area (Å²) < 4.78 is 0. The highest BCUT2D eigenvalue weighted by Crippen LogP contribution is 2.38. The van der Waals surface area contributed by atoms with Crippen LogP contribution in [-0.4, -0.2) is 37.6 Å². The Balaban J connectivity index is 1.66. The van der Waals surface area contributed by atoms with E-state index in [1.54, 1.807) is 0 Å². The summed E-state index contributed by atoms with van der Waals surface area (Å²) in [5, 5.41) is 3.38. The third-order valence-corrected chi connectivity index (χ3v) is 3.76. The van der Waals surface area contributed by atoms with Crippen molar-refractivity contribution in [3.05, 3.63) is 0 Å². The highest BCUT2D eigenvalue weighted by atomic mass is 15.1. The molecule has 2 nitrogen and oxygen atoms in total. The van der Waals surface area contributed by atoms with Gasteiger partial charge in [0.05, 0.1) is 0 Å². The van der Waals surface area contributed by atoms with Crippen LogP contribution in [0, 0.1) is 11.8 Å². The summed E-state index contributed by atoms with van der Waals surface area (Å²) >= 11 is 0. The molecule has 2 atom stereocenters. The smallest absolute Gasteiger partial charge is 0.00884 e. The first kappa shape index (κ1) is 9.47. The van der Waals surface area contributed by atoms with Crippen molar-refractivity contribution >= 4 is 0 Å². The molecule has 2 fully saturated rings. The Morgan fingerprint density at radius 2 is 1.92 bits per heavy atom. The molecule has 0 spiro atoms. The molecule has 0 aromatic rings. The molecular formula is C11H22N2. The second-order valence-electron chi connectivity index (χ2n) is 4.84. The van der Waals surface area contributed by atoms with E-state index in [0.29, 0.717) is 0 Å². The molecule has 2 rings (SSSR count). The maximum absolute atomic E-state index is 3.38. The number of nitrogens with zero attached hydrogens (tertiary/aromatic N) is 1. The maximum Gasteiger partial charge on any atom is 0.00884 e. The molecule has 1 heterocycles. The van der Waals surface area contributed by atoms with Crippen molar-refractivity contribution in [2.45, 2.75) is 32.2 Å². The highest BCUT2D eigenvalue weighted by Gasteiger charge is 2.34. The predicted octanol–water partition coefficient (Wildman–Crippen LogP) is 1.33. The second kappa shape index (κ2) is 3.97. The summed E-state index contributed by atoms with van der Waals surface area (Å²) in [6.45, 7) is 6.38. The molecular weight excluding hydrogens is 160 g/mol. The normalized spacial score (nSPS) is 36.5. The Hall–Kier alpha value is -0.0800. The van der Waals surface area contributed by atoms with Gasteiger partial charge in [0.1, 0.15) is 0 Å². The fourth-order valence-corrected chi connectivity index (χ4v) is 2.39. The summed E-state index contributed by atoms with van der Waals surface area (Å²) in [5.74, 6) is 2.05. The molecule has 76 valence electrons. The zero-order chi connectivity index (χ0) is 9.26. The molecule has 0 aromatic heterocycles. The van der Waals surface area contributed by atoms with Crippen molar-refractivity contribution < 1.29 is 0 Å². The zero-order valence-corrected chi connectivity index (χ0v) is 8.92. The average Bonchev–Trinajstić information content (AvgIpc) is 2.83. The average molecular weight is 182 g/mol. The molecule has 1 aliphatic carbocycles. The highest BCUT2D eigenvalue weighted by molar-refractivity contribution is 4.87. The predicted molar refractivity (Wildman–Crippen MR) is 55.8 cm³/mol. The first-order valence-electron chi connectivity index (χ1n) is 5.69. The Morgan fingerprint density at radius 1 is 1.31 bits per heavy atom. The third kappa shape index (κ3) is 2.44. The van der Waals surface area contributed by atoms with E-state index in [9.17, 15) is 0 Å². The van der Waals surface area contributed by atoms with Crippen LogP contribution < -0.4 is 5.32 Å². The molecule has 1 saturated carbocycles. The number of hydrogen-bond acceptors (Lipinski definition) is 2. The maximum atomic E-state index is 3.38.